The lowest BCUT2D eigenvalue weighted by Crippen LogP contribution is -2.51. The topological polar surface area (TPSA) is 86.8 Å². The first kappa shape index (κ1) is 30.2. The fraction of sp³-hybridized carbons (Fsp3) is 0.333. The van der Waals surface area contributed by atoms with Crippen molar-refractivity contribution >= 4 is 39.1 Å². The molecule has 9 heteroatoms. The number of hydrogen-bond acceptors (Lipinski definition) is 4. The molecule has 0 unspecified atom stereocenters. The number of benzene rings is 3. The maximum absolute atomic E-state index is 14.0. The van der Waals surface area contributed by atoms with Crippen LogP contribution in [-0.2, 0) is 26.2 Å². The van der Waals surface area contributed by atoms with Crippen molar-refractivity contribution in [1.82, 2.24) is 10.2 Å². The smallest absolute Gasteiger partial charge is 0.264 e. The van der Waals surface area contributed by atoms with E-state index in [4.69, 9.17) is 11.6 Å². The Labute approximate surface area is 236 Å². The quantitative estimate of drug-likeness (QED) is 0.292. The molecule has 0 saturated carbocycles. The zero-order valence-corrected chi connectivity index (χ0v) is 24.4. The lowest BCUT2D eigenvalue weighted by Gasteiger charge is -2.32. The molecular weight excluding hydrogens is 534 g/mol. The van der Waals surface area contributed by atoms with Gasteiger partial charge < -0.3 is 10.2 Å². The van der Waals surface area contributed by atoms with E-state index in [-0.39, 0.29) is 17.3 Å². The van der Waals surface area contributed by atoms with Crippen molar-refractivity contribution in [3.05, 3.63) is 94.5 Å². The van der Waals surface area contributed by atoms with E-state index in [1.165, 1.54) is 29.2 Å². The van der Waals surface area contributed by atoms with E-state index < -0.39 is 28.5 Å². The molecule has 0 aliphatic carbocycles. The summed E-state index contributed by atoms with van der Waals surface area (Å²) in [5.41, 5.74) is 3.05. The first-order valence-electron chi connectivity index (χ1n) is 13.0. The average Bonchev–Trinajstić information content (AvgIpc) is 2.91. The fourth-order valence-corrected chi connectivity index (χ4v) is 5.67. The van der Waals surface area contributed by atoms with Gasteiger partial charge in [0.2, 0.25) is 11.8 Å². The molecule has 0 aliphatic heterocycles. The highest BCUT2D eigenvalue weighted by Crippen LogP contribution is 2.26. The summed E-state index contributed by atoms with van der Waals surface area (Å²) >= 11 is 6.00. The number of halogens is 1. The molecule has 0 aliphatic rings. The van der Waals surface area contributed by atoms with Gasteiger partial charge in [-0.25, -0.2) is 8.42 Å². The van der Waals surface area contributed by atoms with Crippen LogP contribution in [-0.4, -0.2) is 44.3 Å². The highest BCUT2D eigenvalue weighted by Gasteiger charge is 2.32. The summed E-state index contributed by atoms with van der Waals surface area (Å²) in [6, 6.07) is 19.6. The van der Waals surface area contributed by atoms with Crippen molar-refractivity contribution < 1.29 is 18.0 Å². The Hall–Kier alpha value is -3.36. The SMILES string of the molecule is CCCCNC(=O)[C@@H](C)N(Cc1ccccc1C)C(=O)CN(c1cccc(C)c1)S(=O)(=O)c1ccc(Cl)cc1. The van der Waals surface area contributed by atoms with Crippen LogP contribution in [0.2, 0.25) is 5.02 Å². The van der Waals surface area contributed by atoms with Gasteiger partial charge in [-0.2, -0.15) is 0 Å². The number of sulfonamides is 1. The summed E-state index contributed by atoms with van der Waals surface area (Å²) in [6.07, 6.45) is 1.75. The van der Waals surface area contributed by atoms with Crippen LogP contribution < -0.4 is 9.62 Å². The monoisotopic (exact) mass is 569 g/mol. The number of unbranched alkanes of at least 4 members (excludes halogenated alkanes) is 1. The van der Waals surface area contributed by atoms with Gasteiger partial charge in [-0.1, -0.05) is 61.3 Å². The van der Waals surface area contributed by atoms with Gasteiger partial charge in [-0.3, -0.25) is 13.9 Å². The van der Waals surface area contributed by atoms with Gasteiger partial charge in [0.25, 0.3) is 10.0 Å². The highest BCUT2D eigenvalue weighted by molar-refractivity contribution is 7.92. The van der Waals surface area contributed by atoms with E-state index in [1.54, 1.807) is 25.1 Å². The first-order chi connectivity index (χ1) is 18.5. The molecule has 3 aromatic carbocycles. The van der Waals surface area contributed by atoms with Crippen LogP contribution in [0, 0.1) is 13.8 Å². The Morgan fingerprint density at radius 2 is 1.67 bits per heavy atom. The molecule has 1 atom stereocenters. The van der Waals surface area contributed by atoms with E-state index >= 15 is 0 Å². The summed E-state index contributed by atoms with van der Waals surface area (Å²) in [5, 5.41) is 3.30. The van der Waals surface area contributed by atoms with Crippen molar-refractivity contribution in [3.8, 4) is 0 Å². The molecule has 0 bridgehead atoms. The van der Waals surface area contributed by atoms with Gasteiger partial charge >= 0.3 is 0 Å². The number of hydrogen-bond donors (Lipinski definition) is 1. The summed E-state index contributed by atoms with van der Waals surface area (Å²) in [4.78, 5) is 28.5. The maximum atomic E-state index is 14.0. The van der Waals surface area contributed by atoms with Crippen molar-refractivity contribution in [2.75, 3.05) is 17.4 Å². The number of carbonyl (C=O) groups excluding carboxylic acids is 2. The van der Waals surface area contributed by atoms with Gasteiger partial charge in [0.15, 0.2) is 0 Å². The van der Waals surface area contributed by atoms with Crippen LogP contribution in [0.1, 0.15) is 43.4 Å². The molecule has 0 saturated heterocycles. The van der Waals surface area contributed by atoms with Gasteiger partial charge in [0, 0.05) is 18.1 Å². The van der Waals surface area contributed by atoms with E-state index in [1.807, 2.05) is 51.1 Å². The maximum Gasteiger partial charge on any atom is 0.264 e. The predicted octanol–water partition coefficient (Wildman–Crippen LogP) is 5.49. The third-order valence-corrected chi connectivity index (χ3v) is 8.61. The Bertz CT molecular complexity index is 1390. The lowest BCUT2D eigenvalue weighted by molar-refractivity contribution is -0.139. The zero-order chi connectivity index (χ0) is 28.6. The van der Waals surface area contributed by atoms with Crippen molar-refractivity contribution in [2.24, 2.45) is 0 Å². The third kappa shape index (κ3) is 7.83. The number of carbonyl (C=O) groups is 2. The Morgan fingerprint density at radius 3 is 2.31 bits per heavy atom. The molecule has 0 fully saturated rings. The minimum Gasteiger partial charge on any atom is -0.354 e. The molecule has 2 amide bonds. The Kier molecular flexibility index (Phi) is 10.5. The van der Waals surface area contributed by atoms with E-state index in [9.17, 15) is 18.0 Å². The van der Waals surface area contributed by atoms with Crippen molar-refractivity contribution in [2.45, 2.75) is 58.0 Å². The number of anilines is 1. The average molecular weight is 570 g/mol. The van der Waals surface area contributed by atoms with Gasteiger partial charge in [0.05, 0.1) is 10.6 Å². The third-order valence-electron chi connectivity index (χ3n) is 6.57. The number of amides is 2. The second-order valence-corrected chi connectivity index (χ2v) is 11.9. The molecule has 39 heavy (non-hydrogen) atoms. The van der Waals surface area contributed by atoms with Crippen molar-refractivity contribution in [3.63, 3.8) is 0 Å². The Balaban J connectivity index is 2.01. The standard InChI is InChI=1S/C30H36ClN3O4S/c1-5-6-18-32-30(36)24(4)33(20-25-12-8-7-11-23(25)3)29(35)21-34(27-13-9-10-22(2)19-27)39(37,38)28-16-14-26(31)15-17-28/h7-17,19,24H,5-6,18,20-21H2,1-4H3,(H,32,36)/t24-/m1/s1. The minimum atomic E-state index is -4.13. The lowest BCUT2D eigenvalue weighted by atomic mass is 10.1. The molecule has 208 valence electrons. The number of rotatable bonds is 12. The van der Waals surface area contributed by atoms with Crippen LogP contribution >= 0.6 is 11.6 Å². The molecule has 0 heterocycles. The normalized spacial score (nSPS) is 12.0. The first-order valence-corrected chi connectivity index (χ1v) is 14.8. The minimum absolute atomic E-state index is 0.0111. The Morgan fingerprint density at radius 1 is 0.974 bits per heavy atom. The van der Waals surface area contributed by atoms with E-state index in [2.05, 4.69) is 5.32 Å². The van der Waals surface area contributed by atoms with E-state index in [0.717, 1.165) is 33.8 Å². The number of nitrogens with one attached hydrogen (secondary N) is 1. The summed E-state index contributed by atoms with van der Waals surface area (Å²) in [6.45, 7) is 7.68. The molecule has 0 spiro atoms. The molecule has 1 N–H and O–H groups in total. The van der Waals surface area contributed by atoms with Gasteiger partial charge in [0.1, 0.15) is 12.6 Å². The zero-order valence-electron chi connectivity index (χ0n) is 22.9. The van der Waals surface area contributed by atoms with Crippen LogP contribution in [0.3, 0.4) is 0 Å². The molecule has 7 nitrogen and oxygen atoms in total. The molecular formula is C30H36ClN3O4S. The van der Waals surface area contributed by atoms with Crippen LogP contribution in [0.15, 0.2) is 77.7 Å². The summed E-state index contributed by atoms with van der Waals surface area (Å²) in [7, 11) is -4.13. The summed E-state index contributed by atoms with van der Waals surface area (Å²) < 4.78 is 28.8. The van der Waals surface area contributed by atoms with Gasteiger partial charge in [-0.15, -0.1) is 0 Å². The number of nitrogens with zero attached hydrogens (tertiary/aromatic N) is 2. The van der Waals surface area contributed by atoms with Gasteiger partial charge in [-0.05, 0) is 80.3 Å². The second kappa shape index (κ2) is 13.6. The van der Waals surface area contributed by atoms with E-state index in [0.29, 0.717) is 17.3 Å². The van der Waals surface area contributed by atoms with Crippen LogP contribution in [0.4, 0.5) is 5.69 Å². The molecule has 3 rings (SSSR count). The summed E-state index contributed by atoms with van der Waals surface area (Å²) in [5.74, 6) is -0.775. The molecule has 0 aromatic heterocycles. The fourth-order valence-electron chi connectivity index (χ4n) is 4.14. The second-order valence-electron chi connectivity index (χ2n) is 9.57. The predicted molar refractivity (Wildman–Crippen MR) is 156 cm³/mol. The van der Waals surface area contributed by atoms with Crippen molar-refractivity contribution in [1.29, 1.82) is 0 Å². The highest BCUT2D eigenvalue weighted by atomic mass is 35.5. The van der Waals surface area contributed by atoms with Crippen LogP contribution in [0.25, 0.3) is 0 Å². The van der Waals surface area contributed by atoms with Crippen LogP contribution in [0.5, 0.6) is 0 Å². The largest absolute Gasteiger partial charge is 0.354 e. The molecule has 3 aromatic rings. The molecule has 0 radical (unpaired) electrons. The number of aryl methyl sites for hydroxylation is 2.